The van der Waals surface area contributed by atoms with Crippen LogP contribution in [0.15, 0.2) is 24.3 Å². The van der Waals surface area contributed by atoms with Gasteiger partial charge in [-0.05, 0) is 31.9 Å². The Kier molecular flexibility index (Phi) is 3.57. The van der Waals surface area contributed by atoms with Gasteiger partial charge in [-0.2, -0.15) is 0 Å². The van der Waals surface area contributed by atoms with E-state index in [4.69, 9.17) is 5.73 Å². The molecule has 3 N–H and O–H groups in total. The monoisotopic (exact) mass is 249 g/mol. The third-order valence-corrected chi connectivity index (χ3v) is 4.14. The van der Waals surface area contributed by atoms with Gasteiger partial charge in [-0.3, -0.25) is 4.48 Å². The lowest BCUT2D eigenvalue weighted by Crippen LogP contribution is -2.62. The van der Waals surface area contributed by atoms with Crippen LogP contribution in [0.25, 0.3) is 0 Å². The molecule has 0 spiro atoms. The summed E-state index contributed by atoms with van der Waals surface area (Å²) in [4.78, 5) is 11.5. The van der Waals surface area contributed by atoms with Crippen molar-refractivity contribution in [3.05, 3.63) is 24.3 Å². The lowest BCUT2D eigenvalue weighted by atomic mass is 9.96. The van der Waals surface area contributed by atoms with E-state index in [1.165, 1.54) is 0 Å². The summed E-state index contributed by atoms with van der Waals surface area (Å²) in [6, 6.07) is 7.34. The first kappa shape index (κ1) is 12.9. The molecule has 1 aliphatic rings. The maximum Gasteiger partial charge on any atom is 0.362 e. The predicted molar refractivity (Wildman–Crippen MR) is 73.3 cm³/mol. The Bertz CT molecular complexity index is 430. The number of hydrogen-bond donors (Lipinski definition) is 2. The summed E-state index contributed by atoms with van der Waals surface area (Å²) in [6.07, 6.45) is 2.85. The highest BCUT2D eigenvalue weighted by molar-refractivity contribution is 5.77. The van der Waals surface area contributed by atoms with Crippen LogP contribution in [0, 0.1) is 0 Å². The van der Waals surface area contributed by atoms with E-state index >= 15 is 0 Å². The van der Waals surface area contributed by atoms with Crippen molar-refractivity contribution in [3.8, 4) is 0 Å². The number of aliphatic carboxylic acids is 1. The van der Waals surface area contributed by atoms with Gasteiger partial charge < -0.3 is 10.8 Å². The van der Waals surface area contributed by atoms with Gasteiger partial charge in [0.1, 0.15) is 5.69 Å². The Labute approximate surface area is 108 Å². The number of nitrogen functional groups attached to an aromatic ring is 1. The number of quaternary nitrogens is 1. The first-order valence-electron chi connectivity index (χ1n) is 6.56. The fraction of sp³-hybridized carbons (Fsp3) is 0.500. The number of hydrogen-bond acceptors (Lipinski definition) is 2. The number of benzene rings is 1. The molecule has 1 aliphatic heterocycles. The van der Waals surface area contributed by atoms with Gasteiger partial charge in [0.2, 0.25) is 0 Å². The molecular weight excluding hydrogens is 228 g/mol. The predicted octanol–water partition coefficient (Wildman–Crippen LogP) is 2.23. The van der Waals surface area contributed by atoms with Crippen molar-refractivity contribution in [2.45, 2.75) is 32.2 Å². The highest BCUT2D eigenvalue weighted by atomic mass is 16.4. The van der Waals surface area contributed by atoms with Crippen LogP contribution in [0.2, 0.25) is 0 Å². The van der Waals surface area contributed by atoms with Crippen LogP contribution in [0.4, 0.5) is 11.4 Å². The second-order valence-electron chi connectivity index (χ2n) is 5.02. The molecule has 1 aromatic carbocycles. The topological polar surface area (TPSA) is 63.3 Å². The van der Waals surface area contributed by atoms with E-state index in [9.17, 15) is 9.90 Å². The summed E-state index contributed by atoms with van der Waals surface area (Å²) in [5, 5.41) is 9.48. The smallest absolute Gasteiger partial charge is 0.362 e. The third kappa shape index (κ3) is 2.08. The Morgan fingerprint density at radius 1 is 1.39 bits per heavy atom. The van der Waals surface area contributed by atoms with Gasteiger partial charge in [0, 0.05) is 24.2 Å². The first-order valence-corrected chi connectivity index (χ1v) is 6.56. The quantitative estimate of drug-likeness (QED) is 0.638. The first-order chi connectivity index (χ1) is 8.60. The standard InChI is InChI=1S/C14H20N2O2/c1-2-16(12-8-6-11(15)7-9-12)10-4-3-5-13(16)14(17)18/h6-9,13H,2-5,10,15H2,1H3/p+1. The number of nitrogens with zero attached hydrogens (tertiary/aromatic N) is 1. The molecule has 98 valence electrons. The largest absolute Gasteiger partial charge is 0.477 e. The molecule has 1 aromatic rings. The van der Waals surface area contributed by atoms with Gasteiger partial charge in [0.25, 0.3) is 0 Å². The lowest BCUT2D eigenvalue weighted by Gasteiger charge is -2.44. The molecule has 4 heteroatoms. The fourth-order valence-corrected chi connectivity index (χ4v) is 3.11. The summed E-state index contributed by atoms with van der Waals surface area (Å²) in [5.41, 5.74) is 7.50. The number of carboxylic acids is 1. The van der Waals surface area contributed by atoms with Gasteiger partial charge in [-0.15, -0.1) is 0 Å². The zero-order valence-electron chi connectivity index (χ0n) is 10.8. The molecule has 2 rings (SSSR count). The van der Waals surface area contributed by atoms with Crippen molar-refractivity contribution in [2.24, 2.45) is 0 Å². The van der Waals surface area contributed by atoms with Gasteiger partial charge in [-0.1, -0.05) is 0 Å². The third-order valence-electron chi connectivity index (χ3n) is 4.14. The molecular formula is C14H21N2O2+. The van der Waals surface area contributed by atoms with E-state index in [0.717, 1.165) is 43.7 Å². The molecule has 1 saturated heterocycles. The van der Waals surface area contributed by atoms with E-state index in [1.807, 2.05) is 24.3 Å². The normalized spacial score (nSPS) is 27.9. The van der Waals surface area contributed by atoms with E-state index < -0.39 is 5.97 Å². The molecule has 0 aliphatic carbocycles. The highest BCUT2D eigenvalue weighted by Gasteiger charge is 2.44. The molecule has 0 amide bonds. The highest BCUT2D eigenvalue weighted by Crippen LogP contribution is 2.33. The molecule has 1 heterocycles. The summed E-state index contributed by atoms with van der Waals surface area (Å²) in [7, 11) is 0. The molecule has 0 radical (unpaired) electrons. The molecule has 0 saturated carbocycles. The minimum atomic E-state index is -0.687. The minimum Gasteiger partial charge on any atom is -0.477 e. The van der Waals surface area contributed by atoms with Crippen LogP contribution >= 0.6 is 0 Å². The van der Waals surface area contributed by atoms with Crippen molar-refractivity contribution in [3.63, 3.8) is 0 Å². The number of likely N-dealkylation sites (N-methyl/N-ethyl adjacent to an activating group) is 1. The molecule has 0 aromatic heterocycles. The zero-order valence-corrected chi connectivity index (χ0v) is 10.8. The Morgan fingerprint density at radius 2 is 2.06 bits per heavy atom. The van der Waals surface area contributed by atoms with Crippen molar-refractivity contribution in [2.75, 3.05) is 18.8 Å². The average molecular weight is 249 g/mol. The summed E-state index contributed by atoms with van der Waals surface area (Å²) >= 11 is 0. The number of nitrogens with two attached hydrogens (primary N) is 1. The van der Waals surface area contributed by atoms with Crippen LogP contribution in [-0.4, -0.2) is 30.2 Å². The number of carbonyl (C=O) groups is 1. The SMILES string of the molecule is CC[N+]1(c2ccc(N)cc2)CCCCC1C(=O)O. The number of anilines is 1. The van der Waals surface area contributed by atoms with Gasteiger partial charge in [0.15, 0.2) is 6.04 Å². The maximum absolute atomic E-state index is 11.5. The molecule has 2 unspecified atom stereocenters. The van der Waals surface area contributed by atoms with Gasteiger partial charge in [0.05, 0.1) is 13.1 Å². The average Bonchev–Trinajstić information content (AvgIpc) is 2.39. The zero-order chi connectivity index (χ0) is 13.2. The van der Waals surface area contributed by atoms with Gasteiger partial charge in [-0.25, -0.2) is 4.79 Å². The molecule has 1 fully saturated rings. The summed E-state index contributed by atoms with van der Waals surface area (Å²) in [5.74, 6) is -0.687. The molecule has 2 atom stereocenters. The van der Waals surface area contributed by atoms with Gasteiger partial charge >= 0.3 is 5.97 Å². The summed E-state index contributed by atoms with van der Waals surface area (Å²) < 4.78 is 0.551. The van der Waals surface area contributed by atoms with E-state index in [2.05, 4.69) is 6.92 Å². The van der Waals surface area contributed by atoms with Crippen LogP contribution in [0.3, 0.4) is 0 Å². The second kappa shape index (κ2) is 4.98. The van der Waals surface area contributed by atoms with E-state index in [-0.39, 0.29) is 6.04 Å². The minimum absolute atomic E-state index is 0.327. The second-order valence-corrected chi connectivity index (χ2v) is 5.02. The molecule has 4 nitrogen and oxygen atoms in total. The van der Waals surface area contributed by atoms with Crippen molar-refractivity contribution < 1.29 is 9.90 Å². The van der Waals surface area contributed by atoms with Crippen molar-refractivity contribution >= 4 is 17.3 Å². The molecule has 0 bridgehead atoms. The lowest BCUT2D eigenvalue weighted by molar-refractivity contribution is -0.144. The Morgan fingerprint density at radius 3 is 2.61 bits per heavy atom. The molecule has 18 heavy (non-hydrogen) atoms. The number of likely N-dealkylation sites (tertiary alicyclic amines) is 1. The van der Waals surface area contributed by atoms with Crippen LogP contribution < -0.4 is 10.2 Å². The summed E-state index contributed by atoms with van der Waals surface area (Å²) in [6.45, 7) is 3.77. The van der Waals surface area contributed by atoms with Crippen molar-refractivity contribution in [1.82, 2.24) is 4.48 Å². The maximum atomic E-state index is 11.5. The van der Waals surface area contributed by atoms with Crippen LogP contribution in [-0.2, 0) is 4.79 Å². The van der Waals surface area contributed by atoms with E-state index in [0.29, 0.717) is 4.48 Å². The Balaban J connectivity index is 2.43. The van der Waals surface area contributed by atoms with Crippen LogP contribution in [0.5, 0.6) is 0 Å². The van der Waals surface area contributed by atoms with Crippen molar-refractivity contribution in [1.29, 1.82) is 0 Å². The Hall–Kier alpha value is -1.55. The van der Waals surface area contributed by atoms with Crippen LogP contribution in [0.1, 0.15) is 26.2 Å². The number of carboxylic acid groups (broad SMARTS) is 1. The number of piperidine rings is 1. The van der Waals surface area contributed by atoms with E-state index in [1.54, 1.807) is 0 Å². The number of rotatable bonds is 3. The fourth-order valence-electron chi connectivity index (χ4n) is 3.11.